The van der Waals surface area contributed by atoms with Gasteiger partial charge in [0.05, 0.1) is 5.54 Å². The first-order valence-corrected chi connectivity index (χ1v) is 9.35. The van der Waals surface area contributed by atoms with E-state index in [1.54, 1.807) is 0 Å². The van der Waals surface area contributed by atoms with Gasteiger partial charge in [-0.05, 0) is 64.7 Å². The first kappa shape index (κ1) is 20.3. The summed E-state index contributed by atoms with van der Waals surface area (Å²) in [5, 5.41) is 6.86. The molecule has 1 fully saturated rings. The van der Waals surface area contributed by atoms with E-state index < -0.39 is 5.60 Å². The number of carbonyl (C=O) groups excluding carboxylic acids is 1. The number of alkyl carbamates (subject to hydrolysis) is 1. The van der Waals surface area contributed by atoms with E-state index >= 15 is 0 Å². The van der Waals surface area contributed by atoms with Crippen molar-refractivity contribution < 1.29 is 9.53 Å². The molecule has 136 valence electrons. The van der Waals surface area contributed by atoms with Crippen LogP contribution in [-0.2, 0) is 4.74 Å². The molecular weight excluding hydrogens is 288 g/mol. The number of nitrogens with one attached hydrogen (secondary N) is 2. The van der Waals surface area contributed by atoms with Crippen LogP contribution in [0, 0.1) is 11.8 Å². The summed E-state index contributed by atoms with van der Waals surface area (Å²) in [6.07, 6.45) is 5.31. The molecule has 1 rings (SSSR count). The molecule has 0 aliphatic heterocycles. The number of hydrogen-bond acceptors (Lipinski definition) is 3. The molecular formula is C19H38N2O2. The van der Waals surface area contributed by atoms with Crippen molar-refractivity contribution >= 4 is 6.09 Å². The molecule has 0 aromatic heterocycles. The van der Waals surface area contributed by atoms with Gasteiger partial charge in [-0.1, -0.05) is 27.7 Å². The summed E-state index contributed by atoms with van der Waals surface area (Å²) in [5.41, 5.74) is -0.691. The number of rotatable bonds is 6. The molecule has 0 radical (unpaired) electrons. The zero-order valence-electron chi connectivity index (χ0n) is 16.3. The van der Waals surface area contributed by atoms with Crippen LogP contribution in [0.5, 0.6) is 0 Å². The highest BCUT2D eigenvalue weighted by Gasteiger charge is 2.33. The zero-order chi connectivity index (χ0) is 17.7. The minimum atomic E-state index is -0.460. The van der Waals surface area contributed by atoms with Gasteiger partial charge < -0.3 is 15.4 Å². The third kappa shape index (κ3) is 6.70. The fourth-order valence-corrected chi connectivity index (χ4v) is 3.54. The van der Waals surface area contributed by atoms with E-state index in [1.807, 2.05) is 20.8 Å². The summed E-state index contributed by atoms with van der Waals surface area (Å²) < 4.78 is 5.45. The second-order valence-electron chi connectivity index (χ2n) is 8.50. The van der Waals surface area contributed by atoms with Crippen LogP contribution in [0.25, 0.3) is 0 Å². The summed E-state index contributed by atoms with van der Waals surface area (Å²) in [4.78, 5) is 12.2. The molecule has 1 amide bonds. The van der Waals surface area contributed by atoms with Crippen molar-refractivity contribution in [2.24, 2.45) is 11.8 Å². The molecule has 4 heteroatoms. The van der Waals surface area contributed by atoms with Gasteiger partial charge in [0.15, 0.2) is 0 Å². The van der Waals surface area contributed by atoms with Crippen LogP contribution in [0.1, 0.15) is 80.6 Å². The Balaban J connectivity index is 2.61. The predicted molar refractivity (Wildman–Crippen MR) is 96.7 cm³/mol. The van der Waals surface area contributed by atoms with Crippen LogP contribution in [0.4, 0.5) is 4.79 Å². The summed E-state index contributed by atoms with van der Waals surface area (Å²) >= 11 is 0. The van der Waals surface area contributed by atoms with E-state index in [9.17, 15) is 4.79 Å². The van der Waals surface area contributed by atoms with Crippen LogP contribution >= 0.6 is 0 Å². The number of hydrogen-bond donors (Lipinski definition) is 2. The van der Waals surface area contributed by atoms with Crippen molar-refractivity contribution in [3.63, 3.8) is 0 Å². The summed E-state index contributed by atoms with van der Waals surface area (Å²) in [7, 11) is 0. The van der Waals surface area contributed by atoms with Crippen LogP contribution in [-0.4, -0.2) is 29.8 Å². The highest BCUT2D eigenvalue weighted by Crippen LogP contribution is 2.29. The lowest BCUT2D eigenvalue weighted by Gasteiger charge is -2.39. The molecule has 3 unspecified atom stereocenters. The number of carbonyl (C=O) groups is 1. The third-order valence-electron chi connectivity index (χ3n) is 5.25. The molecule has 0 saturated heterocycles. The van der Waals surface area contributed by atoms with Crippen molar-refractivity contribution in [1.29, 1.82) is 0 Å². The van der Waals surface area contributed by atoms with Gasteiger partial charge in [-0.3, -0.25) is 0 Å². The largest absolute Gasteiger partial charge is 0.444 e. The Hall–Kier alpha value is -0.770. The first-order valence-electron chi connectivity index (χ1n) is 9.35. The van der Waals surface area contributed by atoms with E-state index in [4.69, 9.17) is 4.74 Å². The summed E-state index contributed by atoms with van der Waals surface area (Å²) in [6, 6.07) is 0.559. The second kappa shape index (κ2) is 8.36. The second-order valence-corrected chi connectivity index (χ2v) is 8.50. The van der Waals surface area contributed by atoms with Crippen molar-refractivity contribution in [3.05, 3.63) is 0 Å². The van der Waals surface area contributed by atoms with E-state index in [2.05, 4.69) is 38.3 Å². The Bertz CT molecular complexity index is 372. The molecule has 1 saturated carbocycles. The minimum Gasteiger partial charge on any atom is -0.444 e. The summed E-state index contributed by atoms with van der Waals surface area (Å²) in [5.74, 6) is 1.54. The molecule has 3 atom stereocenters. The van der Waals surface area contributed by atoms with Crippen LogP contribution in [0.2, 0.25) is 0 Å². The zero-order valence-corrected chi connectivity index (χ0v) is 16.3. The Morgan fingerprint density at radius 3 is 2.22 bits per heavy atom. The molecule has 0 aromatic carbocycles. The van der Waals surface area contributed by atoms with Crippen molar-refractivity contribution in [3.8, 4) is 0 Å². The Labute approximate surface area is 143 Å². The van der Waals surface area contributed by atoms with Gasteiger partial charge in [0.25, 0.3) is 0 Å². The van der Waals surface area contributed by atoms with Crippen LogP contribution < -0.4 is 10.6 Å². The Morgan fingerprint density at radius 1 is 1.13 bits per heavy atom. The lowest BCUT2D eigenvalue weighted by atomic mass is 9.79. The molecule has 1 aliphatic rings. The van der Waals surface area contributed by atoms with Gasteiger partial charge in [0.1, 0.15) is 5.60 Å². The molecule has 0 bridgehead atoms. The topological polar surface area (TPSA) is 50.4 Å². The third-order valence-corrected chi connectivity index (χ3v) is 5.25. The Morgan fingerprint density at radius 2 is 1.74 bits per heavy atom. The molecule has 0 spiro atoms. The first-order chi connectivity index (χ1) is 10.6. The van der Waals surface area contributed by atoms with Gasteiger partial charge in [-0.15, -0.1) is 0 Å². The maximum atomic E-state index is 12.2. The highest BCUT2D eigenvalue weighted by molar-refractivity contribution is 5.68. The predicted octanol–water partition coefficient (Wildman–Crippen LogP) is 4.48. The van der Waals surface area contributed by atoms with Crippen molar-refractivity contribution in [2.75, 3.05) is 6.54 Å². The monoisotopic (exact) mass is 326 g/mol. The number of amides is 1. The standard InChI is InChI=1S/C19H38N2O2/c1-8-19(9-2,21-17(22)23-18(5,6)7)13-20-16-11-10-14(3)12-15(16)4/h14-16,20H,8-13H2,1-7H3,(H,21,22). The molecule has 0 aromatic rings. The fourth-order valence-electron chi connectivity index (χ4n) is 3.54. The molecule has 2 N–H and O–H groups in total. The average Bonchev–Trinajstić information content (AvgIpc) is 2.43. The maximum Gasteiger partial charge on any atom is 0.408 e. The SMILES string of the molecule is CCC(CC)(CNC1CCC(C)CC1C)NC(=O)OC(C)(C)C. The van der Waals surface area contributed by atoms with Crippen LogP contribution in [0.3, 0.4) is 0 Å². The lowest BCUT2D eigenvalue weighted by molar-refractivity contribution is 0.0440. The van der Waals surface area contributed by atoms with E-state index in [0.29, 0.717) is 12.0 Å². The van der Waals surface area contributed by atoms with Gasteiger partial charge >= 0.3 is 6.09 Å². The fraction of sp³-hybridized carbons (Fsp3) is 0.947. The lowest BCUT2D eigenvalue weighted by Crippen LogP contribution is -2.57. The van der Waals surface area contributed by atoms with Crippen molar-refractivity contribution in [2.45, 2.75) is 97.8 Å². The van der Waals surface area contributed by atoms with Gasteiger partial charge in [0, 0.05) is 12.6 Å². The highest BCUT2D eigenvalue weighted by atomic mass is 16.6. The smallest absolute Gasteiger partial charge is 0.408 e. The summed E-state index contributed by atoms with van der Waals surface area (Å²) in [6.45, 7) is 15.5. The molecule has 0 heterocycles. The molecule has 23 heavy (non-hydrogen) atoms. The van der Waals surface area contributed by atoms with E-state index in [1.165, 1.54) is 19.3 Å². The Kier molecular flexibility index (Phi) is 7.37. The van der Waals surface area contributed by atoms with Crippen molar-refractivity contribution in [1.82, 2.24) is 10.6 Å². The van der Waals surface area contributed by atoms with Gasteiger partial charge in [-0.2, -0.15) is 0 Å². The molecule has 4 nitrogen and oxygen atoms in total. The average molecular weight is 327 g/mol. The van der Waals surface area contributed by atoms with Gasteiger partial charge in [0.2, 0.25) is 0 Å². The van der Waals surface area contributed by atoms with Gasteiger partial charge in [-0.25, -0.2) is 4.79 Å². The maximum absolute atomic E-state index is 12.2. The van der Waals surface area contributed by atoms with E-state index in [-0.39, 0.29) is 11.6 Å². The normalized spacial score (nSPS) is 26.0. The minimum absolute atomic E-state index is 0.231. The number of ether oxygens (including phenoxy) is 1. The molecule has 1 aliphatic carbocycles. The van der Waals surface area contributed by atoms with Crippen LogP contribution in [0.15, 0.2) is 0 Å². The quantitative estimate of drug-likeness (QED) is 0.756. The van der Waals surface area contributed by atoms with E-state index in [0.717, 1.165) is 25.3 Å².